The fourth-order valence-corrected chi connectivity index (χ4v) is 2.98. The van der Waals surface area contributed by atoms with Crippen LogP contribution in [0.2, 0.25) is 0 Å². The number of amides is 2. The van der Waals surface area contributed by atoms with E-state index in [0.29, 0.717) is 32.0 Å². The third-order valence-electron chi connectivity index (χ3n) is 4.45. The minimum atomic E-state index is -0.842. The predicted octanol–water partition coefficient (Wildman–Crippen LogP) is 3.59. The molecule has 7 heteroatoms. The van der Waals surface area contributed by atoms with Crippen molar-refractivity contribution in [2.45, 2.75) is 12.8 Å². The fourth-order valence-electron chi connectivity index (χ4n) is 2.98. The lowest BCUT2D eigenvalue weighted by molar-refractivity contribution is -0.121. The molecule has 0 saturated carbocycles. The molecule has 2 aromatic rings. The van der Waals surface area contributed by atoms with Gasteiger partial charge in [0, 0.05) is 25.1 Å². The van der Waals surface area contributed by atoms with E-state index >= 15 is 0 Å². The summed E-state index contributed by atoms with van der Waals surface area (Å²) >= 11 is 0. The molecule has 1 aliphatic rings. The van der Waals surface area contributed by atoms with Crippen LogP contribution in [0.4, 0.5) is 18.9 Å². The van der Waals surface area contributed by atoms with Gasteiger partial charge in [0.05, 0.1) is 11.3 Å². The zero-order valence-corrected chi connectivity index (χ0v) is 13.8. The van der Waals surface area contributed by atoms with E-state index in [4.69, 9.17) is 0 Å². The Hall–Kier alpha value is -2.83. The van der Waals surface area contributed by atoms with Crippen molar-refractivity contribution in [3.05, 3.63) is 65.5 Å². The standard InChI is InChI=1S/C19H17F3N2O2/c20-13-5-6-17(16(22)11-13)23-18(25)12-7-9-24(10-8-12)19(26)14-3-1-2-4-15(14)21/h1-6,11-12H,7-10H2,(H,23,25). The van der Waals surface area contributed by atoms with Crippen LogP contribution >= 0.6 is 0 Å². The summed E-state index contributed by atoms with van der Waals surface area (Å²) < 4.78 is 40.3. The Kier molecular flexibility index (Phi) is 5.25. The molecule has 1 aliphatic heterocycles. The molecule has 0 aliphatic carbocycles. The Morgan fingerprint density at radius 1 is 0.962 bits per heavy atom. The number of halogens is 3. The molecular weight excluding hydrogens is 345 g/mol. The smallest absolute Gasteiger partial charge is 0.256 e. The first kappa shape index (κ1) is 18.0. The van der Waals surface area contributed by atoms with Crippen molar-refractivity contribution in [3.63, 3.8) is 0 Å². The first-order valence-electron chi connectivity index (χ1n) is 8.25. The number of carbonyl (C=O) groups excluding carboxylic acids is 2. The third-order valence-corrected chi connectivity index (χ3v) is 4.45. The van der Waals surface area contributed by atoms with Crippen molar-refractivity contribution >= 4 is 17.5 Å². The van der Waals surface area contributed by atoms with E-state index in [1.165, 1.54) is 29.2 Å². The summed E-state index contributed by atoms with van der Waals surface area (Å²) in [7, 11) is 0. The number of hydrogen-bond donors (Lipinski definition) is 1. The topological polar surface area (TPSA) is 49.4 Å². The minimum absolute atomic E-state index is 0.00350. The highest BCUT2D eigenvalue weighted by molar-refractivity contribution is 5.95. The molecule has 1 heterocycles. The van der Waals surface area contributed by atoms with Crippen LogP contribution in [0.1, 0.15) is 23.2 Å². The lowest BCUT2D eigenvalue weighted by atomic mass is 9.95. The maximum absolute atomic E-state index is 13.7. The third kappa shape index (κ3) is 3.87. The van der Waals surface area contributed by atoms with Crippen LogP contribution in [-0.4, -0.2) is 29.8 Å². The summed E-state index contributed by atoms with van der Waals surface area (Å²) in [5.41, 5.74) is -0.0787. The normalized spacial score (nSPS) is 15.0. The number of rotatable bonds is 3. The second kappa shape index (κ2) is 7.59. The molecule has 2 aromatic carbocycles. The average Bonchev–Trinajstić information content (AvgIpc) is 2.64. The summed E-state index contributed by atoms with van der Waals surface area (Å²) in [6.45, 7) is 0.605. The zero-order valence-electron chi connectivity index (χ0n) is 13.8. The van der Waals surface area contributed by atoms with Gasteiger partial charge in [-0.3, -0.25) is 9.59 Å². The molecular formula is C19H17F3N2O2. The van der Waals surface area contributed by atoms with Crippen molar-refractivity contribution in [1.29, 1.82) is 0 Å². The second-order valence-electron chi connectivity index (χ2n) is 6.16. The molecule has 136 valence electrons. The van der Waals surface area contributed by atoms with Gasteiger partial charge in [0.2, 0.25) is 5.91 Å². The summed E-state index contributed by atoms with van der Waals surface area (Å²) in [4.78, 5) is 26.1. The lowest BCUT2D eigenvalue weighted by Crippen LogP contribution is -2.41. The predicted molar refractivity (Wildman–Crippen MR) is 90.0 cm³/mol. The minimum Gasteiger partial charge on any atom is -0.339 e. The van der Waals surface area contributed by atoms with Crippen molar-refractivity contribution in [3.8, 4) is 0 Å². The number of likely N-dealkylation sites (tertiary alicyclic amines) is 1. The van der Waals surface area contributed by atoms with Crippen LogP contribution in [0.5, 0.6) is 0 Å². The van der Waals surface area contributed by atoms with E-state index in [9.17, 15) is 22.8 Å². The van der Waals surface area contributed by atoms with Gasteiger partial charge < -0.3 is 10.2 Å². The molecule has 1 saturated heterocycles. The first-order chi connectivity index (χ1) is 12.5. The van der Waals surface area contributed by atoms with Gasteiger partial charge in [-0.05, 0) is 37.1 Å². The van der Waals surface area contributed by atoms with Crippen LogP contribution in [0.15, 0.2) is 42.5 Å². The van der Waals surface area contributed by atoms with Crippen LogP contribution in [-0.2, 0) is 4.79 Å². The van der Waals surface area contributed by atoms with Crippen LogP contribution < -0.4 is 5.32 Å². The number of carbonyl (C=O) groups is 2. The quantitative estimate of drug-likeness (QED) is 0.907. The average molecular weight is 362 g/mol. The molecule has 4 nitrogen and oxygen atoms in total. The number of hydrogen-bond acceptors (Lipinski definition) is 2. The van der Waals surface area contributed by atoms with Crippen LogP contribution in [0.3, 0.4) is 0 Å². The summed E-state index contributed by atoms with van der Waals surface area (Å²) in [5.74, 6) is -3.33. The molecule has 0 radical (unpaired) electrons. The highest BCUT2D eigenvalue weighted by Gasteiger charge is 2.29. The SMILES string of the molecule is O=C(Nc1ccc(F)cc1F)C1CCN(C(=O)c2ccccc2F)CC1. The van der Waals surface area contributed by atoms with Gasteiger partial charge in [-0.25, -0.2) is 13.2 Å². The van der Waals surface area contributed by atoms with Crippen molar-refractivity contribution in [1.82, 2.24) is 4.90 Å². The summed E-state index contributed by atoms with van der Waals surface area (Å²) in [6.07, 6.45) is 0.768. The number of piperidine rings is 1. The second-order valence-corrected chi connectivity index (χ2v) is 6.16. The number of nitrogens with one attached hydrogen (secondary N) is 1. The molecule has 0 bridgehead atoms. The fraction of sp³-hybridized carbons (Fsp3) is 0.263. The molecule has 0 aromatic heterocycles. The molecule has 1 N–H and O–H groups in total. The van der Waals surface area contributed by atoms with Gasteiger partial charge in [-0.1, -0.05) is 12.1 Å². The van der Waals surface area contributed by atoms with Crippen molar-refractivity contribution in [2.24, 2.45) is 5.92 Å². The van der Waals surface area contributed by atoms with Gasteiger partial charge in [-0.15, -0.1) is 0 Å². The van der Waals surface area contributed by atoms with Gasteiger partial charge in [0.15, 0.2) is 0 Å². The molecule has 0 atom stereocenters. The van der Waals surface area contributed by atoms with E-state index in [1.54, 1.807) is 6.07 Å². The molecule has 1 fully saturated rings. The molecule has 3 rings (SSSR count). The van der Waals surface area contributed by atoms with E-state index < -0.39 is 29.3 Å². The zero-order chi connectivity index (χ0) is 18.7. The van der Waals surface area contributed by atoms with Gasteiger partial charge in [0.1, 0.15) is 17.5 Å². The Morgan fingerprint density at radius 3 is 2.31 bits per heavy atom. The highest BCUT2D eigenvalue weighted by atomic mass is 19.1. The Labute approximate surface area is 148 Å². The van der Waals surface area contributed by atoms with Crippen molar-refractivity contribution in [2.75, 3.05) is 18.4 Å². The van der Waals surface area contributed by atoms with Gasteiger partial charge >= 0.3 is 0 Å². The highest BCUT2D eigenvalue weighted by Crippen LogP contribution is 2.23. The van der Waals surface area contributed by atoms with Crippen LogP contribution in [0, 0.1) is 23.4 Å². The summed E-state index contributed by atoms with van der Waals surface area (Å²) in [5, 5.41) is 2.45. The lowest BCUT2D eigenvalue weighted by Gasteiger charge is -2.31. The first-order valence-corrected chi connectivity index (χ1v) is 8.25. The number of anilines is 1. The van der Waals surface area contributed by atoms with E-state index in [2.05, 4.69) is 5.32 Å². The van der Waals surface area contributed by atoms with Crippen molar-refractivity contribution < 1.29 is 22.8 Å². The Bertz CT molecular complexity index is 833. The molecule has 0 spiro atoms. The van der Waals surface area contributed by atoms with Gasteiger partial charge in [0.25, 0.3) is 5.91 Å². The van der Waals surface area contributed by atoms with Gasteiger partial charge in [-0.2, -0.15) is 0 Å². The largest absolute Gasteiger partial charge is 0.339 e. The van der Waals surface area contributed by atoms with E-state index in [0.717, 1.165) is 6.07 Å². The molecule has 2 amide bonds. The van der Waals surface area contributed by atoms with E-state index in [1.807, 2.05) is 0 Å². The maximum Gasteiger partial charge on any atom is 0.256 e. The Morgan fingerprint density at radius 2 is 1.65 bits per heavy atom. The summed E-state index contributed by atoms with van der Waals surface area (Å²) in [6, 6.07) is 8.68. The van der Waals surface area contributed by atoms with Crippen LogP contribution in [0.25, 0.3) is 0 Å². The number of nitrogens with zero attached hydrogens (tertiary/aromatic N) is 1. The monoisotopic (exact) mass is 362 g/mol. The molecule has 26 heavy (non-hydrogen) atoms. The maximum atomic E-state index is 13.7. The number of benzene rings is 2. The molecule has 0 unspecified atom stereocenters. The Balaban J connectivity index is 1.59. The van der Waals surface area contributed by atoms with E-state index in [-0.39, 0.29) is 17.2 Å².